The van der Waals surface area contributed by atoms with Gasteiger partial charge >= 0.3 is 12.2 Å². The van der Waals surface area contributed by atoms with Gasteiger partial charge in [0, 0.05) is 38.2 Å². The van der Waals surface area contributed by atoms with Crippen LogP contribution in [0.5, 0.6) is 0 Å². The number of fused-ring (bicyclic) bond motifs is 1. The lowest BCUT2D eigenvalue weighted by atomic mass is 9.83. The third kappa shape index (κ3) is 12.0. The predicted octanol–water partition coefficient (Wildman–Crippen LogP) is 5.57. The second-order valence-corrected chi connectivity index (χ2v) is 15.5. The smallest absolute Gasteiger partial charge is 0.407 e. The highest BCUT2D eigenvalue weighted by Crippen LogP contribution is 2.36. The number of hydrazine groups is 1. The number of nitrogens with zero attached hydrogens (tertiary/aromatic N) is 1. The molecule has 0 radical (unpaired) electrons. The molecule has 1 aliphatic heterocycles. The molecule has 3 aromatic rings. The fraction of sp³-hybridized carbons (Fsp3) is 0.476. The number of hydrogen-bond donors (Lipinski definition) is 5. The van der Waals surface area contributed by atoms with E-state index in [1.807, 2.05) is 99.6 Å². The molecule has 5 rings (SSSR count). The zero-order valence-corrected chi connectivity index (χ0v) is 32.4. The van der Waals surface area contributed by atoms with Crippen molar-refractivity contribution in [3.8, 4) is 11.1 Å². The summed E-state index contributed by atoms with van der Waals surface area (Å²) in [6, 6.07) is 23.0. The monoisotopic (exact) mass is 757 g/mol. The molecule has 1 aliphatic carbocycles. The number of rotatable bonds is 14. The number of amides is 4. The van der Waals surface area contributed by atoms with Crippen LogP contribution in [0, 0.1) is 11.3 Å². The molecule has 55 heavy (non-hydrogen) atoms. The van der Waals surface area contributed by atoms with Gasteiger partial charge in [-0.25, -0.2) is 14.6 Å². The van der Waals surface area contributed by atoms with Crippen LogP contribution >= 0.6 is 0 Å². The van der Waals surface area contributed by atoms with Gasteiger partial charge in [-0.2, -0.15) is 0 Å². The number of aliphatic hydroxyl groups excluding tert-OH is 1. The molecule has 4 amide bonds. The molecule has 296 valence electrons. The number of aliphatic hydroxyl groups is 1. The topological polar surface area (TPSA) is 168 Å². The Balaban J connectivity index is 1.37. The van der Waals surface area contributed by atoms with Gasteiger partial charge in [-0.1, -0.05) is 87.5 Å². The summed E-state index contributed by atoms with van der Waals surface area (Å²) in [5.74, 6) is -0.504. The van der Waals surface area contributed by atoms with Crippen LogP contribution in [0.3, 0.4) is 0 Å². The minimum Gasteiger partial charge on any atom is -0.453 e. The maximum absolute atomic E-state index is 13.8. The van der Waals surface area contributed by atoms with Crippen LogP contribution in [0.1, 0.15) is 64.5 Å². The molecule has 6 atom stereocenters. The third-order valence-electron chi connectivity index (χ3n) is 10.1. The van der Waals surface area contributed by atoms with E-state index in [1.54, 1.807) is 5.01 Å². The number of benzene rings is 3. The van der Waals surface area contributed by atoms with E-state index in [9.17, 15) is 24.3 Å². The largest absolute Gasteiger partial charge is 0.453 e. The van der Waals surface area contributed by atoms with Crippen molar-refractivity contribution in [2.75, 3.05) is 25.6 Å². The van der Waals surface area contributed by atoms with Gasteiger partial charge in [0.25, 0.3) is 5.91 Å². The zero-order chi connectivity index (χ0) is 39.5. The highest BCUT2D eigenvalue weighted by Gasteiger charge is 2.40. The summed E-state index contributed by atoms with van der Waals surface area (Å²) in [5.41, 5.74) is 6.49. The number of carbonyl (C=O) groups excluding carboxylic acids is 4. The molecule has 5 N–H and O–H groups in total. The summed E-state index contributed by atoms with van der Waals surface area (Å²) in [6.07, 6.45) is 0.960. The molecule has 1 saturated heterocycles. The highest BCUT2D eigenvalue weighted by atomic mass is 16.6. The second kappa shape index (κ2) is 19.1. The number of carbonyl (C=O) groups is 4. The second-order valence-electron chi connectivity index (χ2n) is 15.5. The Morgan fingerprint density at radius 1 is 0.891 bits per heavy atom. The minimum absolute atomic E-state index is 0.0728. The van der Waals surface area contributed by atoms with Gasteiger partial charge in [-0.3, -0.25) is 15.0 Å². The number of methoxy groups -OCH3 is 1. The van der Waals surface area contributed by atoms with Crippen molar-refractivity contribution >= 4 is 29.7 Å². The predicted molar refractivity (Wildman–Crippen MR) is 209 cm³/mol. The average Bonchev–Trinajstić information content (AvgIpc) is 3.64. The SMILES string of the molecule is COC(=O)NC(C(=O)NN(Cc1ccccc1)CC(O)C(Cc1ccc(-c2cccc(NC(C)=O)c2)cc1)NC(=O)OC1CCCC2OCCC21)C(C)(C)C. The van der Waals surface area contributed by atoms with E-state index in [0.29, 0.717) is 12.3 Å². The summed E-state index contributed by atoms with van der Waals surface area (Å²) in [4.78, 5) is 51.2. The Hall–Kier alpha value is -4.98. The van der Waals surface area contributed by atoms with E-state index in [2.05, 4.69) is 21.4 Å². The average molecular weight is 758 g/mol. The van der Waals surface area contributed by atoms with Crippen molar-refractivity contribution in [3.63, 3.8) is 0 Å². The molecule has 2 aliphatic rings. The molecule has 1 heterocycles. The fourth-order valence-corrected chi connectivity index (χ4v) is 7.32. The number of anilines is 1. The minimum atomic E-state index is -1.18. The Bertz CT molecular complexity index is 1750. The van der Waals surface area contributed by atoms with Crippen molar-refractivity contribution in [1.82, 2.24) is 21.1 Å². The van der Waals surface area contributed by atoms with Gasteiger partial charge < -0.3 is 35.3 Å². The summed E-state index contributed by atoms with van der Waals surface area (Å²) in [5, 5.41) is 21.9. The van der Waals surface area contributed by atoms with Gasteiger partial charge in [0.05, 0.1) is 25.4 Å². The normalized spacial score (nSPS) is 19.7. The summed E-state index contributed by atoms with van der Waals surface area (Å²) in [6.45, 7) is 7.75. The maximum atomic E-state index is 13.8. The van der Waals surface area contributed by atoms with Crippen molar-refractivity contribution in [3.05, 3.63) is 90.0 Å². The van der Waals surface area contributed by atoms with E-state index < -0.39 is 41.7 Å². The van der Waals surface area contributed by atoms with Crippen LogP contribution in [-0.4, -0.2) is 84.8 Å². The molecule has 0 bridgehead atoms. The van der Waals surface area contributed by atoms with Crippen molar-refractivity contribution < 1.29 is 38.5 Å². The Morgan fingerprint density at radius 3 is 2.33 bits per heavy atom. The number of alkyl carbamates (subject to hydrolysis) is 2. The van der Waals surface area contributed by atoms with Crippen LogP contribution in [-0.2, 0) is 36.8 Å². The molecule has 0 spiro atoms. The zero-order valence-electron chi connectivity index (χ0n) is 32.4. The van der Waals surface area contributed by atoms with E-state index in [4.69, 9.17) is 14.2 Å². The Morgan fingerprint density at radius 2 is 1.64 bits per heavy atom. The van der Waals surface area contributed by atoms with Crippen LogP contribution in [0.25, 0.3) is 11.1 Å². The molecule has 2 fully saturated rings. The van der Waals surface area contributed by atoms with Crippen LogP contribution in [0.4, 0.5) is 15.3 Å². The molecule has 13 heteroatoms. The molecule has 1 saturated carbocycles. The molecule has 6 unspecified atom stereocenters. The lowest BCUT2D eigenvalue weighted by Crippen LogP contribution is -2.59. The van der Waals surface area contributed by atoms with Crippen LogP contribution in [0.15, 0.2) is 78.9 Å². The van der Waals surface area contributed by atoms with Crippen molar-refractivity contribution in [2.45, 2.75) is 96.7 Å². The first-order chi connectivity index (χ1) is 26.3. The highest BCUT2D eigenvalue weighted by molar-refractivity contribution is 5.89. The van der Waals surface area contributed by atoms with Crippen LogP contribution in [0.2, 0.25) is 0 Å². The van der Waals surface area contributed by atoms with E-state index in [1.165, 1.54) is 14.0 Å². The van der Waals surface area contributed by atoms with Gasteiger partial charge in [0.2, 0.25) is 5.91 Å². The van der Waals surface area contributed by atoms with Gasteiger partial charge in [0.15, 0.2) is 0 Å². The maximum Gasteiger partial charge on any atom is 0.407 e. The summed E-state index contributed by atoms with van der Waals surface area (Å²) < 4.78 is 16.7. The molecule has 13 nitrogen and oxygen atoms in total. The number of hydrogen-bond acceptors (Lipinski definition) is 9. The van der Waals surface area contributed by atoms with Gasteiger partial charge in [-0.05, 0) is 71.9 Å². The molecular formula is C42H55N5O8. The number of nitrogens with one attached hydrogen (secondary N) is 4. The van der Waals surface area contributed by atoms with Crippen molar-refractivity contribution in [1.29, 1.82) is 0 Å². The first kappa shape index (κ1) is 41.2. The summed E-state index contributed by atoms with van der Waals surface area (Å²) in [7, 11) is 1.23. The van der Waals surface area contributed by atoms with Gasteiger partial charge in [-0.15, -0.1) is 0 Å². The fourth-order valence-electron chi connectivity index (χ4n) is 7.32. The first-order valence-electron chi connectivity index (χ1n) is 19.0. The lowest BCUT2D eigenvalue weighted by Gasteiger charge is -2.35. The molecular weight excluding hydrogens is 702 g/mol. The van der Waals surface area contributed by atoms with Gasteiger partial charge in [0.1, 0.15) is 12.1 Å². The van der Waals surface area contributed by atoms with E-state index in [0.717, 1.165) is 47.9 Å². The lowest BCUT2D eigenvalue weighted by molar-refractivity contribution is -0.131. The quantitative estimate of drug-likeness (QED) is 0.132. The standard InChI is InChI=1S/C42H55N5O8/c1-27(48)43-32-14-9-13-31(24-32)30-19-17-28(18-20-30)23-34(44-41(52)55-37-16-10-15-36-33(37)21-22-54-36)35(49)26-47(25-29-11-7-6-8-12-29)46-39(50)38(42(2,3)4)45-40(51)53-5/h6-9,11-14,17-20,24,33-38,49H,10,15-16,21-23,25-26H2,1-5H3,(H,43,48)(H,44,52)(H,45,51)(H,46,50). The summed E-state index contributed by atoms with van der Waals surface area (Å²) >= 11 is 0. The van der Waals surface area contributed by atoms with E-state index in [-0.39, 0.29) is 43.5 Å². The molecule has 0 aromatic heterocycles. The number of ether oxygens (including phenoxy) is 3. The van der Waals surface area contributed by atoms with Crippen molar-refractivity contribution in [2.24, 2.45) is 11.3 Å². The van der Waals surface area contributed by atoms with Crippen LogP contribution < -0.4 is 21.4 Å². The first-order valence-corrected chi connectivity index (χ1v) is 19.0. The van der Waals surface area contributed by atoms with E-state index >= 15 is 0 Å². The Kier molecular flexibility index (Phi) is 14.3. The molecule has 3 aromatic carbocycles. The third-order valence-corrected chi connectivity index (χ3v) is 10.1. The Labute approximate surface area is 323 Å².